The third kappa shape index (κ3) is 3.80. The quantitative estimate of drug-likeness (QED) is 0.457. The minimum atomic E-state index is -0.505. The highest BCUT2D eigenvalue weighted by atomic mass is 32.1. The van der Waals surface area contributed by atoms with Gasteiger partial charge in [0, 0.05) is 4.88 Å². The molecule has 1 saturated heterocycles. The van der Waals surface area contributed by atoms with Crippen LogP contribution in [0, 0.1) is 11.8 Å². The molecule has 0 spiro atoms. The van der Waals surface area contributed by atoms with Gasteiger partial charge in [-0.15, -0.1) is 11.3 Å². The highest BCUT2D eigenvalue weighted by molar-refractivity contribution is 7.16. The molecule has 27 heavy (non-hydrogen) atoms. The number of hydrogen-bond donors (Lipinski definition) is 1. The van der Waals surface area contributed by atoms with Crippen LogP contribution in [0.2, 0.25) is 0 Å². The second-order valence-electron chi connectivity index (χ2n) is 6.50. The van der Waals surface area contributed by atoms with E-state index in [2.05, 4.69) is 5.32 Å². The third-order valence-corrected chi connectivity index (χ3v) is 5.98. The number of allylic oxidation sites excluding steroid dienone is 2. The number of fused-ring (bicyclic) bond motifs is 1. The zero-order valence-corrected chi connectivity index (χ0v) is 16.1. The van der Waals surface area contributed by atoms with E-state index in [-0.39, 0.29) is 36.8 Å². The number of imide groups is 1. The van der Waals surface area contributed by atoms with Crippen molar-refractivity contribution in [2.24, 2.45) is 11.8 Å². The second-order valence-corrected chi connectivity index (χ2v) is 7.63. The number of likely N-dealkylation sites (tertiary alicyclic amines) is 1. The Balaban J connectivity index is 1.71. The molecule has 2 heterocycles. The lowest BCUT2D eigenvalue weighted by Crippen LogP contribution is -2.38. The summed E-state index contributed by atoms with van der Waals surface area (Å²) in [6.07, 6.45) is 5.58. The van der Waals surface area contributed by atoms with Gasteiger partial charge in [0.1, 0.15) is 11.5 Å². The zero-order valence-electron chi connectivity index (χ0n) is 15.3. The van der Waals surface area contributed by atoms with Gasteiger partial charge in [-0.1, -0.05) is 19.1 Å². The first-order valence-corrected chi connectivity index (χ1v) is 9.87. The van der Waals surface area contributed by atoms with Crippen LogP contribution in [0.3, 0.4) is 0 Å². The fourth-order valence-corrected chi connectivity index (χ4v) is 4.40. The number of carbonyl (C=O) groups is 4. The Morgan fingerprint density at radius 1 is 1.19 bits per heavy atom. The summed E-state index contributed by atoms with van der Waals surface area (Å²) in [6, 6.07) is 1.70. The maximum absolute atomic E-state index is 12.5. The average molecular weight is 390 g/mol. The summed E-state index contributed by atoms with van der Waals surface area (Å²) in [4.78, 5) is 51.5. The van der Waals surface area contributed by atoms with Crippen LogP contribution in [0.1, 0.15) is 41.9 Å². The van der Waals surface area contributed by atoms with Crippen LogP contribution in [0.15, 0.2) is 18.2 Å². The first-order chi connectivity index (χ1) is 13.0. The molecule has 3 rings (SSSR count). The molecule has 0 radical (unpaired) electrons. The van der Waals surface area contributed by atoms with E-state index in [0.29, 0.717) is 29.8 Å². The molecular weight excluding hydrogens is 368 g/mol. The predicted octanol–water partition coefficient (Wildman–Crippen LogP) is 2.38. The maximum atomic E-state index is 12.5. The van der Waals surface area contributed by atoms with E-state index in [4.69, 9.17) is 4.74 Å². The molecule has 3 amide bonds. The fraction of sp³-hybridized carbons (Fsp3) is 0.474. The molecule has 1 aromatic heterocycles. The maximum Gasteiger partial charge on any atom is 0.341 e. The number of rotatable bonds is 6. The van der Waals surface area contributed by atoms with Gasteiger partial charge in [0.2, 0.25) is 17.7 Å². The summed E-state index contributed by atoms with van der Waals surface area (Å²) in [5, 5.41) is 3.05. The Kier molecular flexibility index (Phi) is 5.74. The van der Waals surface area contributed by atoms with E-state index in [1.807, 2.05) is 19.1 Å². The number of anilines is 1. The van der Waals surface area contributed by atoms with Crippen LogP contribution in [-0.2, 0) is 25.5 Å². The lowest BCUT2D eigenvalue weighted by Gasteiger charge is -2.14. The number of carbonyl (C=O) groups excluding carboxylic acids is 4. The van der Waals surface area contributed by atoms with Crippen molar-refractivity contribution in [3.05, 3.63) is 28.7 Å². The molecule has 1 aliphatic carbocycles. The van der Waals surface area contributed by atoms with Crippen LogP contribution >= 0.6 is 11.3 Å². The minimum absolute atomic E-state index is 0.233. The van der Waals surface area contributed by atoms with Gasteiger partial charge in [0.25, 0.3) is 0 Å². The zero-order chi connectivity index (χ0) is 19.6. The van der Waals surface area contributed by atoms with Crippen LogP contribution < -0.4 is 5.32 Å². The van der Waals surface area contributed by atoms with Crippen molar-refractivity contribution in [3.63, 3.8) is 0 Å². The molecule has 0 aromatic carbocycles. The number of aryl methyl sites for hydroxylation is 1. The smallest absolute Gasteiger partial charge is 0.341 e. The summed E-state index contributed by atoms with van der Waals surface area (Å²) in [5.74, 6) is -2.32. The number of nitrogens with one attached hydrogen (secondary N) is 1. The first-order valence-electron chi connectivity index (χ1n) is 9.06. The second kappa shape index (κ2) is 8.04. The summed E-state index contributed by atoms with van der Waals surface area (Å²) >= 11 is 1.29. The Bertz CT molecular complexity index is 787. The Morgan fingerprint density at radius 2 is 1.81 bits per heavy atom. The number of thiophene rings is 1. The van der Waals surface area contributed by atoms with Gasteiger partial charge in [0.05, 0.1) is 24.0 Å². The van der Waals surface area contributed by atoms with Crippen molar-refractivity contribution < 1.29 is 23.9 Å². The van der Waals surface area contributed by atoms with E-state index in [1.54, 1.807) is 13.0 Å². The van der Waals surface area contributed by atoms with E-state index in [1.165, 1.54) is 11.3 Å². The SMILES string of the molecule is CCOC(=O)c1cc(CC)sc1NC(=O)CN1C(=O)[C@H]2CC=CC[C@@H]2C1=O. The van der Waals surface area contributed by atoms with Crippen molar-refractivity contribution in [1.29, 1.82) is 0 Å². The Labute approximate surface area is 161 Å². The molecule has 1 aliphatic heterocycles. The molecule has 2 aliphatic rings. The number of esters is 1. The van der Waals surface area contributed by atoms with Crippen molar-refractivity contribution in [3.8, 4) is 0 Å². The van der Waals surface area contributed by atoms with Gasteiger partial charge >= 0.3 is 5.97 Å². The lowest BCUT2D eigenvalue weighted by atomic mass is 9.85. The third-order valence-electron chi connectivity index (χ3n) is 4.78. The van der Waals surface area contributed by atoms with Crippen LogP contribution in [-0.4, -0.2) is 41.7 Å². The summed E-state index contributed by atoms with van der Waals surface area (Å²) < 4.78 is 5.03. The highest BCUT2D eigenvalue weighted by Crippen LogP contribution is 2.35. The molecular formula is C19H22N2O5S. The highest BCUT2D eigenvalue weighted by Gasteiger charge is 2.47. The minimum Gasteiger partial charge on any atom is -0.462 e. The van der Waals surface area contributed by atoms with Crippen molar-refractivity contribution in [1.82, 2.24) is 4.90 Å². The predicted molar refractivity (Wildman–Crippen MR) is 100 cm³/mol. The summed E-state index contributed by atoms with van der Waals surface area (Å²) in [5.41, 5.74) is 0.295. The summed E-state index contributed by atoms with van der Waals surface area (Å²) in [7, 11) is 0. The topological polar surface area (TPSA) is 92.8 Å². The largest absolute Gasteiger partial charge is 0.462 e. The molecule has 2 atom stereocenters. The molecule has 7 nitrogen and oxygen atoms in total. The normalized spacial score (nSPS) is 21.3. The standard InChI is InChI=1S/C19H22N2O5S/c1-3-11-9-14(19(25)26-4-2)16(27-11)20-15(22)10-21-17(23)12-7-5-6-8-13(12)18(21)24/h5-6,9,12-13H,3-4,7-8,10H2,1-2H3,(H,20,22)/t12-,13-/m0/s1. The monoisotopic (exact) mass is 390 g/mol. The van der Waals surface area contributed by atoms with Gasteiger partial charge in [-0.3, -0.25) is 19.3 Å². The fourth-order valence-electron chi connectivity index (χ4n) is 3.40. The lowest BCUT2D eigenvalue weighted by molar-refractivity contribution is -0.142. The molecule has 1 N–H and O–H groups in total. The number of amides is 3. The number of hydrogen-bond acceptors (Lipinski definition) is 6. The Hall–Kier alpha value is -2.48. The number of ether oxygens (including phenoxy) is 1. The molecule has 0 saturated carbocycles. The van der Waals surface area contributed by atoms with E-state index < -0.39 is 11.9 Å². The van der Waals surface area contributed by atoms with Gasteiger partial charge in [-0.05, 0) is 32.3 Å². The van der Waals surface area contributed by atoms with Crippen LogP contribution in [0.4, 0.5) is 5.00 Å². The first kappa shape index (κ1) is 19.3. The van der Waals surface area contributed by atoms with Crippen LogP contribution in [0.25, 0.3) is 0 Å². The van der Waals surface area contributed by atoms with Crippen LogP contribution in [0.5, 0.6) is 0 Å². The average Bonchev–Trinajstić information content (AvgIpc) is 3.17. The van der Waals surface area contributed by atoms with E-state index in [9.17, 15) is 19.2 Å². The van der Waals surface area contributed by atoms with Gasteiger partial charge in [-0.25, -0.2) is 4.79 Å². The van der Waals surface area contributed by atoms with Gasteiger partial charge in [-0.2, -0.15) is 0 Å². The molecule has 0 unspecified atom stereocenters. The van der Waals surface area contributed by atoms with E-state index in [0.717, 1.165) is 9.78 Å². The van der Waals surface area contributed by atoms with Crippen molar-refractivity contribution in [2.45, 2.75) is 33.1 Å². The molecule has 1 fully saturated rings. The van der Waals surface area contributed by atoms with Crippen molar-refractivity contribution >= 4 is 40.0 Å². The van der Waals surface area contributed by atoms with E-state index >= 15 is 0 Å². The molecule has 144 valence electrons. The van der Waals surface area contributed by atoms with Gasteiger partial charge < -0.3 is 10.1 Å². The summed E-state index contributed by atoms with van der Waals surface area (Å²) in [6.45, 7) is 3.55. The van der Waals surface area contributed by atoms with Crippen molar-refractivity contribution in [2.75, 3.05) is 18.5 Å². The molecule has 8 heteroatoms. The number of nitrogens with zero attached hydrogens (tertiary/aromatic N) is 1. The molecule has 0 bridgehead atoms. The van der Waals surface area contributed by atoms with Gasteiger partial charge in [0.15, 0.2) is 0 Å². The molecule has 1 aromatic rings. The Morgan fingerprint density at radius 3 is 2.37 bits per heavy atom.